The van der Waals surface area contributed by atoms with Gasteiger partial charge in [-0.1, -0.05) is 0 Å². The molecule has 1 atom stereocenters. The summed E-state index contributed by atoms with van der Waals surface area (Å²) in [5, 5.41) is 2.22. The van der Waals surface area contributed by atoms with Crippen LogP contribution in [0, 0.1) is 0 Å². The number of nitrogen functional groups attached to an aromatic ring is 1. The number of rotatable bonds is 4. The lowest BCUT2D eigenvalue weighted by Crippen LogP contribution is -2.34. The van der Waals surface area contributed by atoms with Crippen molar-refractivity contribution in [1.29, 1.82) is 0 Å². The lowest BCUT2D eigenvalue weighted by molar-refractivity contribution is 0.0953. The molecule has 4 N–H and O–H groups in total. The molecule has 19 heavy (non-hydrogen) atoms. The largest absolute Gasteiger partial charge is 0.351 e. The maximum atomic E-state index is 11.9. The van der Waals surface area contributed by atoms with E-state index in [9.17, 15) is 13.2 Å². The van der Waals surface area contributed by atoms with E-state index in [1.807, 2.05) is 0 Å². The van der Waals surface area contributed by atoms with Crippen molar-refractivity contribution >= 4 is 21.4 Å². The molecule has 1 unspecified atom stereocenters. The molecule has 1 aliphatic heterocycles. The number of hydrazine groups is 1. The van der Waals surface area contributed by atoms with E-state index in [2.05, 4.69) is 10.7 Å². The molecular formula is C12H17N3O3S. The van der Waals surface area contributed by atoms with Crippen molar-refractivity contribution in [3.8, 4) is 0 Å². The maximum Gasteiger partial charge on any atom is 0.251 e. The Kier molecular flexibility index (Phi) is 4.06. The first-order valence-corrected chi connectivity index (χ1v) is 7.81. The lowest BCUT2D eigenvalue weighted by atomic mass is 10.2. The van der Waals surface area contributed by atoms with Crippen LogP contribution in [0.4, 0.5) is 5.69 Å². The third-order valence-corrected chi connectivity index (χ3v) is 5.54. The van der Waals surface area contributed by atoms with Crippen LogP contribution >= 0.6 is 0 Å². The molecule has 1 heterocycles. The van der Waals surface area contributed by atoms with Crippen LogP contribution in [0.3, 0.4) is 0 Å². The summed E-state index contributed by atoms with van der Waals surface area (Å²) in [6, 6.07) is 6.63. The van der Waals surface area contributed by atoms with Crippen molar-refractivity contribution in [2.24, 2.45) is 5.84 Å². The molecule has 0 aromatic heterocycles. The zero-order chi connectivity index (χ0) is 13.9. The van der Waals surface area contributed by atoms with Crippen molar-refractivity contribution in [1.82, 2.24) is 5.32 Å². The van der Waals surface area contributed by atoms with Crippen LogP contribution in [-0.4, -0.2) is 31.9 Å². The van der Waals surface area contributed by atoms with Gasteiger partial charge in [0.05, 0.1) is 11.0 Å². The Morgan fingerprint density at radius 1 is 1.32 bits per heavy atom. The van der Waals surface area contributed by atoms with Crippen molar-refractivity contribution in [3.63, 3.8) is 0 Å². The Balaban J connectivity index is 1.94. The topological polar surface area (TPSA) is 101 Å². The number of amides is 1. The van der Waals surface area contributed by atoms with Gasteiger partial charge in [-0.2, -0.15) is 0 Å². The van der Waals surface area contributed by atoms with E-state index < -0.39 is 15.1 Å². The summed E-state index contributed by atoms with van der Waals surface area (Å²) < 4.78 is 23.2. The van der Waals surface area contributed by atoms with Gasteiger partial charge in [0.2, 0.25) is 0 Å². The second-order valence-electron chi connectivity index (χ2n) is 4.56. The standard InChI is InChI=1S/C12H17N3O3S/c13-15-10-5-3-9(4-6-10)12(16)14-8-11-2-1-7-19(11,17)18/h3-6,11,15H,1-2,7-8,13H2,(H,14,16). The van der Waals surface area contributed by atoms with Crippen LogP contribution in [0.2, 0.25) is 0 Å². The summed E-state index contributed by atoms with van der Waals surface area (Å²) in [6.07, 6.45) is 1.30. The highest BCUT2D eigenvalue weighted by Gasteiger charge is 2.31. The number of sulfone groups is 1. The number of nitrogens with one attached hydrogen (secondary N) is 2. The summed E-state index contributed by atoms with van der Waals surface area (Å²) in [6.45, 7) is 0.179. The molecule has 1 fully saturated rings. The predicted molar refractivity (Wildman–Crippen MR) is 73.4 cm³/mol. The van der Waals surface area contributed by atoms with Crippen LogP contribution in [0.5, 0.6) is 0 Å². The molecule has 6 nitrogen and oxygen atoms in total. The molecular weight excluding hydrogens is 266 g/mol. The minimum Gasteiger partial charge on any atom is -0.351 e. The van der Waals surface area contributed by atoms with Crippen LogP contribution in [0.1, 0.15) is 23.2 Å². The van der Waals surface area contributed by atoms with Crippen LogP contribution in [0.15, 0.2) is 24.3 Å². The van der Waals surface area contributed by atoms with Crippen molar-refractivity contribution in [2.75, 3.05) is 17.7 Å². The average molecular weight is 283 g/mol. The van der Waals surface area contributed by atoms with E-state index in [1.165, 1.54) is 0 Å². The van der Waals surface area contributed by atoms with Crippen LogP contribution in [-0.2, 0) is 9.84 Å². The average Bonchev–Trinajstić information content (AvgIpc) is 2.75. The highest BCUT2D eigenvalue weighted by Crippen LogP contribution is 2.19. The number of benzene rings is 1. The van der Waals surface area contributed by atoms with Gasteiger partial charge in [-0.05, 0) is 37.1 Å². The molecule has 0 spiro atoms. The van der Waals surface area contributed by atoms with Gasteiger partial charge in [-0.3, -0.25) is 10.6 Å². The molecule has 1 saturated heterocycles. The summed E-state index contributed by atoms with van der Waals surface area (Å²) in [7, 11) is -3.02. The van der Waals surface area contributed by atoms with Gasteiger partial charge < -0.3 is 10.7 Å². The quantitative estimate of drug-likeness (QED) is 0.544. The third kappa shape index (κ3) is 3.24. The van der Waals surface area contributed by atoms with Crippen molar-refractivity contribution < 1.29 is 13.2 Å². The fraction of sp³-hybridized carbons (Fsp3) is 0.417. The minimum absolute atomic E-state index is 0.179. The van der Waals surface area contributed by atoms with Crippen LogP contribution in [0.25, 0.3) is 0 Å². The Morgan fingerprint density at radius 2 is 2.00 bits per heavy atom. The van der Waals surface area contributed by atoms with Gasteiger partial charge in [0.25, 0.3) is 5.91 Å². The monoisotopic (exact) mass is 283 g/mol. The Morgan fingerprint density at radius 3 is 2.53 bits per heavy atom. The SMILES string of the molecule is NNc1ccc(C(=O)NCC2CCCS2(=O)=O)cc1. The zero-order valence-electron chi connectivity index (χ0n) is 10.4. The molecule has 0 saturated carbocycles. The number of anilines is 1. The molecule has 1 aromatic rings. The Bertz CT molecular complexity index is 554. The van der Waals surface area contributed by atoms with E-state index in [0.29, 0.717) is 24.1 Å². The van der Waals surface area contributed by atoms with E-state index in [-0.39, 0.29) is 18.2 Å². The lowest BCUT2D eigenvalue weighted by Gasteiger charge is -2.11. The Labute approximate surface area is 112 Å². The molecule has 0 bridgehead atoms. The zero-order valence-corrected chi connectivity index (χ0v) is 11.2. The first-order valence-electron chi connectivity index (χ1n) is 6.09. The van der Waals surface area contributed by atoms with Crippen LogP contribution < -0.4 is 16.6 Å². The molecule has 104 valence electrons. The van der Waals surface area contributed by atoms with E-state index in [4.69, 9.17) is 5.84 Å². The van der Waals surface area contributed by atoms with Gasteiger partial charge >= 0.3 is 0 Å². The number of carbonyl (C=O) groups is 1. The Hall–Kier alpha value is -1.60. The summed E-state index contributed by atoms with van der Waals surface area (Å²) in [5.41, 5.74) is 3.65. The van der Waals surface area contributed by atoms with Gasteiger partial charge in [0.15, 0.2) is 9.84 Å². The molecule has 1 aliphatic rings. The highest BCUT2D eigenvalue weighted by atomic mass is 32.2. The van der Waals surface area contributed by atoms with Crippen molar-refractivity contribution in [2.45, 2.75) is 18.1 Å². The fourth-order valence-electron chi connectivity index (χ4n) is 2.11. The molecule has 1 amide bonds. The highest BCUT2D eigenvalue weighted by molar-refractivity contribution is 7.92. The van der Waals surface area contributed by atoms with E-state index in [1.54, 1.807) is 24.3 Å². The van der Waals surface area contributed by atoms with Gasteiger partial charge in [-0.15, -0.1) is 0 Å². The minimum atomic E-state index is -3.02. The molecule has 1 aromatic carbocycles. The second-order valence-corrected chi connectivity index (χ2v) is 6.96. The number of nitrogens with two attached hydrogens (primary N) is 1. The number of hydrogen-bond donors (Lipinski definition) is 3. The molecule has 2 rings (SSSR count). The first-order chi connectivity index (χ1) is 9.03. The molecule has 7 heteroatoms. The van der Waals surface area contributed by atoms with Gasteiger partial charge in [0.1, 0.15) is 0 Å². The van der Waals surface area contributed by atoms with Gasteiger partial charge in [-0.25, -0.2) is 8.42 Å². The summed E-state index contributed by atoms with van der Waals surface area (Å²) in [5.74, 6) is 5.18. The third-order valence-electron chi connectivity index (χ3n) is 3.27. The van der Waals surface area contributed by atoms with E-state index >= 15 is 0 Å². The fourth-order valence-corrected chi connectivity index (χ4v) is 3.88. The normalized spacial score (nSPS) is 21.0. The predicted octanol–water partition coefficient (Wildman–Crippen LogP) is 0.279. The molecule has 0 aliphatic carbocycles. The first kappa shape index (κ1) is 13.8. The summed E-state index contributed by atoms with van der Waals surface area (Å²) >= 11 is 0. The van der Waals surface area contributed by atoms with Gasteiger partial charge in [0, 0.05) is 17.8 Å². The number of carbonyl (C=O) groups excluding carboxylic acids is 1. The summed E-state index contributed by atoms with van der Waals surface area (Å²) in [4.78, 5) is 11.9. The second kappa shape index (κ2) is 5.58. The number of hydrogen-bond acceptors (Lipinski definition) is 5. The maximum absolute atomic E-state index is 11.9. The smallest absolute Gasteiger partial charge is 0.251 e. The van der Waals surface area contributed by atoms with E-state index in [0.717, 1.165) is 0 Å². The molecule has 0 radical (unpaired) electrons. The van der Waals surface area contributed by atoms with Crippen molar-refractivity contribution in [3.05, 3.63) is 29.8 Å².